The lowest BCUT2D eigenvalue weighted by atomic mass is 10.3. The van der Waals surface area contributed by atoms with Crippen LogP contribution in [-0.4, -0.2) is 15.7 Å². The Balaban J connectivity index is 1.64. The van der Waals surface area contributed by atoms with Gasteiger partial charge in [-0.15, -0.1) is 0 Å². The fraction of sp³-hybridized carbons (Fsp3) is 0.429. The Labute approximate surface area is 119 Å². The van der Waals surface area contributed by atoms with Gasteiger partial charge in [0.05, 0.1) is 18.5 Å². The number of nitrogens with one attached hydrogen (secondary N) is 1. The second-order valence-electron chi connectivity index (χ2n) is 5.08. The van der Waals surface area contributed by atoms with Crippen molar-refractivity contribution in [3.63, 3.8) is 0 Å². The van der Waals surface area contributed by atoms with Gasteiger partial charge in [0.15, 0.2) is 0 Å². The molecule has 0 bridgehead atoms. The molecule has 2 aromatic heterocycles. The van der Waals surface area contributed by atoms with Gasteiger partial charge in [0, 0.05) is 5.92 Å². The third-order valence-corrected chi connectivity index (χ3v) is 3.38. The topological polar surface area (TPSA) is 60.1 Å². The Morgan fingerprint density at radius 2 is 2.33 bits per heavy atom. The van der Waals surface area contributed by atoms with Crippen molar-refractivity contribution in [1.82, 2.24) is 15.1 Å². The minimum Gasteiger partial charge on any atom is -0.467 e. The average Bonchev–Trinajstić information content (AvgIpc) is 3.00. The molecule has 1 N–H and O–H groups in total. The first-order chi connectivity index (χ1) is 10.1. The number of hydrogen-bond acceptors (Lipinski definition) is 3. The smallest absolute Gasteiger partial charge is 0.280 e. The molecule has 1 aliphatic rings. The van der Waals surface area contributed by atoms with Crippen LogP contribution in [0.2, 0.25) is 0 Å². The summed E-state index contributed by atoms with van der Waals surface area (Å²) >= 11 is 0. The van der Waals surface area contributed by atoms with Gasteiger partial charge in [0.1, 0.15) is 18.0 Å². The zero-order valence-corrected chi connectivity index (χ0v) is 11.3. The number of hydrogen-bond donors (Lipinski definition) is 1. The molecule has 0 unspecified atom stereocenters. The Morgan fingerprint density at radius 1 is 1.52 bits per heavy atom. The molecule has 1 fully saturated rings. The van der Waals surface area contributed by atoms with Crippen LogP contribution in [0.25, 0.3) is 0 Å². The van der Waals surface area contributed by atoms with E-state index in [0.29, 0.717) is 11.5 Å². The predicted molar refractivity (Wildman–Crippen MR) is 69.7 cm³/mol. The monoisotopic (exact) mass is 295 g/mol. The molecule has 7 heteroatoms. The summed E-state index contributed by atoms with van der Waals surface area (Å²) in [4.78, 5) is 11.8. The highest BCUT2D eigenvalue weighted by Crippen LogP contribution is 2.40. The number of rotatable bonds is 6. The second-order valence-corrected chi connectivity index (χ2v) is 5.08. The molecule has 1 aliphatic carbocycles. The van der Waals surface area contributed by atoms with Gasteiger partial charge in [0.25, 0.3) is 6.43 Å². The molecule has 0 atom stereocenters. The van der Waals surface area contributed by atoms with E-state index in [1.807, 2.05) is 0 Å². The lowest BCUT2D eigenvalue weighted by Crippen LogP contribution is -2.28. The molecule has 112 valence electrons. The number of aromatic nitrogens is 2. The van der Waals surface area contributed by atoms with Crippen molar-refractivity contribution in [3.05, 3.63) is 41.6 Å². The number of alkyl halides is 2. The highest BCUT2D eigenvalue weighted by molar-refractivity contribution is 5.75. The Bertz CT molecular complexity index is 618. The number of carbonyl (C=O) groups is 1. The first-order valence-electron chi connectivity index (χ1n) is 6.78. The number of carbonyl (C=O) groups excluding carboxylic acids is 1. The van der Waals surface area contributed by atoms with Crippen molar-refractivity contribution in [2.45, 2.75) is 38.3 Å². The highest BCUT2D eigenvalue weighted by Gasteiger charge is 2.29. The van der Waals surface area contributed by atoms with E-state index in [9.17, 15) is 13.6 Å². The van der Waals surface area contributed by atoms with Crippen LogP contribution in [0.3, 0.4) is 0 Å². The van der Waals surface area contributed by atoms with Crippen LogP contribution in [0, 0.1) is 0 Å². The molecular formula is C14H15F2N3O2. The Hall–Kier alpha value is -2.18. The predicted octanol–water partition coefficient (Wildman–Crippen LogP) is 2.61. The lowest BCUT2D eigenvalue weighted by molar-refractivity contribution is -0.122. The third kappa shape index (κ3) is 3.29. The van der Waals surface area contributed by atoms with E-state index in [2.05, 4.69) is 10.4 Å². The van der Waals surface area contributed by atoms with E-state index in [-0.39, 0.29) is 30.6 Å². The molecule has 3 rings (SSSR count). The summed E-state index contributed by atoms with van der Waals surface area (Å²) in [5.74, 6) is 0.505. The van der Waals surface area contributed by atoms with Crippen molar-refractivity contribution in [1.29, 1.82) is 0 Å². The van der Waals surface area contributed by atoms with Crippen LogP contribution in [0.5, 0.6) is 0 Å². The number of amides is 1. The van der Waals surface area contributed by atoms with Gasteiger partial charge in [-0.1, -0.05) is 0 Å². The standard InChI is InChI=1S/C14H15F2N3O2/c15-14(16)12-6-11(9-3-4-9)18-19(12)8-13(20)17-7-10-2-1-5-21-10/h1-2,5-6,9,14H,3-4,7-8H2,(H,17,20). The van der Waals surface area contributed by atoms with Gasteiger partial charge in [0.2, 0.25) is 5.91 Å². The molecule has 0 spiro atoms. The Kier molecular flexibility index (Phi) is 3.72. The summed E-state index contributed by atoms with van der Waals surface area (Å²) in [5, 5.41) is 6.75. The Morgan fingerprint density at radius 3 is 2.95 bits per heavy atom. The van der Waals surface area contributed by atoms with Crippen LogP contribution < -0.4 is 5.32 Å². The van der Waals surface area contributed by atoms with Gasteiger partial charge in [-0.3, -0.25) is 9.48 Å². The summed E-state index contributed by atoms with van der Waals surface area (Å²) in [6.45, 7) is 0.0136. The van der Waals surface area contributed by atoms with Gasteiger partial charge in [-0.2, -0.15) is 5.10 Å². The van der Waals surface area contributed by atoms with Crippen molar-refractivity contribution >= 4 is 5.91 Å². The number of furan rings is 1. The largest absolute Gasteiger partial charge is 0.467 e. The van der Waals surface area contributed by atoms with Gasteiger partial charge >= 0.3 is 0 Å². The molecule has 0 aromatic carbocycles. The van der Waals surface area contributed by atoms with E-state index >= 15 is 0 Å². The average molecular weight is 295 g/mol. The maximum Gasteiger partial charge on any atom is 0.280 e. The molecule has 2 heterocycles. The van der Waals surface area contributed by atoms with Crippen LogP contribution in [0.15, 0.2) is 28.9 Å². The summed E-state index contributed by atoms with van der Waals surface area (Å²) < 4.78 is 32.1. The van der Waals surface area contributed by atoms with Crippen molar-refractivity contribution < 1.29 is 18.0 Å². The third-order valence-electron chi connectivity index (χ3n) is 3.38. The molecule has 5 nitrogen and oxygen atoms in total. The first kappa shape index (κ1) is 13.8. The van der Waals surface area contributed by atoms with Gasteiger partial charge in [-0.05, 0) is 31.0 Å². The fourth-order valence-corrected chi connectivity index (χ4v) is 2.12. The van der Waals surface area contributed by atoms with E-state index in [1.54, 1.807) is 12.1 Å². The molecule has 1 saturated carbocycles. The van der Waals surface area contributed by atoms with Gasteiger partial charge in [-0.25, -0.2) is 8.78 Å². The van der Waals surface area contributed by atoms with E-state index in [1.165, 1.54) is 12.3 Å². The van der Waals surface area contributed by atoms with Gasteiger partial charge < -0.3 is 9.73 Å². The highest BCUT2D eigenvalue weighted by atomic mass is 19.3. The summed E-state index contributed by atoms with van der Waals surface area (Å²) in [6.07, 6.45) is 0.823. The minimum absolute atomic E-state index is 0.204. The molecule has 1 amide bonds. The van der Waals surface area contributed by atoms with Crippen molar-refractivity contribution in [2.24, 2.45) is 0 Å². The molecule has 2 aromatic rings. The maximum absolute atomic E-state index is 13.0. The molecule has 21 heavy (non-hydrogen) atoms. The zero-order chi connectivity index (χ0) is 14.8. The lowest BCUT2D eigenvalue weighted by Gasteiger charge is -2.07. The second kappa shape index (κ2) is 5.67. The minimum atomic E-state index is -2.64. The SMILES string of the molecule is O=C(Cn1nc(C2CC2)cc1C(F)F)NCc1ccco1. The van der Waals surface area contributed by atoms with E-state index in [4.69, 9.17) is 4.42 Å². The van der Waals surface area contributed by atoms with E-state index in [0.717, 1.165) is 17.5 Å². The number of halogens is 2. The maximum atomic E-state index is 13.0. The van der Waals surface area contributed by atoms with Crippen molar-refractivity contribution in [2.75, 3.05) is 0 Å². The zero-order valence-electron chi connectivity index (χ0n) is 11.3. The van der Waals surface area contributed by atoms with Crippen LogP contribution in [0.4, 0.5) is 8.78 Å². The summed E-state index contributed by atoms with van der Waals surface area (Å²) in [5.41, 5.74) is 0.453. The quantitative estimate of drug-likeness (QED) is 0.891. The molecule has 0 radical (unpaired) electrons. The molecule has 0 saturated heterocycles. The molecular weight excluding hydrogens is 280 g/mol. The normalized spacial score (nSPS) is 14.6. The summed E-state index contributed by atoms with van der Waals surface area (Å²) in [6, 6.07) is 4.85. The van der Waals surface area contributed by atoms with Crippen molar-refractivity contribution in [3.8, 4) is 0 Å². The first-order valence-corrected chi connectivity index (χ1v) is 6.78. The number of nitrogens with zero attached hydrogens (tertiary/aromatic N) is 2. The van der Waals surface area contributed by atoms with Crippen LogP contribution in [-0.2, 0) is 17.9 Å². The van der Waals surface area contributed by atoms with Crippen LogP contribution >= 0.6 is 0 Å². The summed E-state index contributed by atoms with van der Waals surface area (Å²) in [7, 11) is 0. The fourth-order valence-electron chi connectivity index (χ4n) is 2.12. The van der Waals surface area contributed by atoms with Crippen LogP contribution in [0.1, 0.15) is 42.3 Å². The van der Waals surface area contributed by atoms with E-state index < -0.39 is 6.43 Å². The molecule has 0 aliphatic heterocycles.